The molecule has 3 nitrogen and oxygen atoms in total. The van der Waals surface area contributed by atoms with Crippen LogP contribution in [-0.2, 0) is 0 Å². The van der Waals surface area contributed by atoms with Crippen LogP contribution in [0.4, 0.5) is 5.69 Å². The zero-order chi connectivity index (χ0) is 13.8. The minimum absolute atomic E-state index is 0.684. The molecule has 21 heavy (non-hydrogen) atoms. The molecule has 3 heteroatoms. The molecule has 0 saturated heterocycles. The van der Waals surface area contributed by atoms with Crippen LogP contribution < -0.4 is 5.32 Å². The Bertz CT molecular complexity index is 683. The predicted octanol–water partition coefficient (Wildman–Crippen LogP) is 3.87. The van der Waals surface area contributed by atoms with E-state index in [1.807, 2.05) is 0 Å². The van der Waals surface area contributed by atoms with Gasteiger partial charge in [0.1, 0.15) is 0 Å². The normalized spacial score (nSPS) is 37.0. The third-order valence-corrected chi connectivity index (χ3v) is 6.25. The molecule has 0 aliphatic heterocycles. The van der Waals surface area contributed by atoms with E-state index in [-0.39, 0.29) is 0 Å². The van der Waals surface area contributed by atoms with Gasteiger partial charge >= 0.3 is 0 Å². The highest BCUT2D eigenvalue weighted by Gasteiger charge is 2.53. The summed E-state index contributed by atoms with van der Waals surface area (Å²) in [7, 11) is 0. The summed E-state index contributed by atoms with van der Waals surface area (Å²) in [6.45, 7) is 0. The van der Waals surface area contributed by atoms with Gasteiger partial charge in [-0.25, -0.2) is 0 Å². The molecule has 5 rings (SSSR count). The van der Waals surface area contributed by atoms with Crippen LogP contribution in [0.5, 0.6) is 0 Å². The highest BCUT2D eigenvalue weighted by atomic mass is 15.0. The third kappa shape index (κ3) is 1.79. The van der Waals surface area contributed by atoms with E-state index in [9.17, 15) is 0 Å². The van der Waals surface area contributed by atoms with E-state index in [1.165, 1.54) is 37.8 Å². The number of nitrogens with one attached hydrogen (secondary N) is 1. The molecule has 5 unspecified atom stereocenters. The van der Waals surface area contributed by atoms with Gasteiger partial charge in [-0.3, -0.25) is 9.97 Å². The van der Waals surface area contributed by atoms with Gasteiger partial charge in [-0.2, -0.15) is 0 Å². The largest absolute Gasteiger partial charge is 0.382 e. The highest BCUT2D eigenvalue weighted by Crippen LogP contribution is 2.59. The summed E-state index contributed by atoms with van der Waals surface area (Å²) in [5, 5.41) is 3.81. The smallest absolute Gasteiger partial charge is 0.0907 e. The first-order chi connectivity index (χ1) is 10.4. The molecule has 0 spiro atoms. The number of rotatable bonds is 2. The second-order valence-corrected chi connectivity index (χ2v) is 7.16. The maximum Gasteiger partial charge on any atom is 0.0907 e. The second kappa shape index (κ2) is 4.43. The third-order valence-electron chi connectivity index (χ3n) is 6.25. The number of hydrogen-bond acceptors (Lipinski definition) is 3. The minimum atomic E-state index is 0.684. The zero-order valence-corrected chi connectivity index (χ0v) is 12.2. The van der Waals surface area contributed by atoms with Crippen molar-refractivity contribution in [3.8, 4) is 0 Å². The van der Waals surface area contributed by atoms with Crippen LogP contribution >= 0.6 is 0 Å². The molecule has 3 aliphatic rings. The molecule has 2 bridgehead atoms. The van der Waals surface area contributed by atoms with E-state index in [4.69, 9.17) is 0 Å². The van der Waals surface area contributed by atoms with Crippen LogP contribution in [0.25, 0.3) is 11.0 Å². The number of benzene rings is 1. The lowest BCUT2D eigenvalue weighted by molar-refractivity contribution is 0.243. The maximum absolute atomic E-state index is 4.42. The number of nitrogens with zero attached hydrogens (tertiary/aromatic N) is 2. The molecule has 108 valence electrons. The van der Waals surface area contributed by atoms with Gasteiger partial charge in [0.25, 0.3) is 0 Å². The van der Waals surface area contributed by atoms with Crippen molar-refractivity contribution in [1.29, 1.82) is 0 Å². The molecule has 0 amide bonds. The molecule has 3 saturated carbocycles. The van der Waals surface area contributed by atoms with Gasteiger partial charge in [0, 0.05) is 24.1 Å². The SMILES string of the molecule is c1cnc2cc(NC3CC4CC3C3CCCC43)ccc2n1. The van der Waals surface area contributed by atoms with E-state index >= 15 is 0 Å². The van der Waals surface area contributed by atoms with Crippen molar-refractivity contribution in [2.75, 3.05) is 5.32 Å². The molecular weight excluding hydrogens is 258 g/mol. The summed E-state index contributed by atoms with van der Waals surface area (Å²) in [5.41, 5.74) is 3.19. The van der Waals surface area contributed by atoms with Gasteiger partial charge in [0.15, 0.2) is 0 Å². The van der Waals surface area contributed by atoms with Crippen molar-refractivity contribution in [2.45, 2.75) is 38.1 Å². The fraction of sp³-hybridized carbons (Fsp3) is 0.556. The van der Waals surface area contributed by atoms with E-state index < -0.39 is 0 Å². The highest BCUT2D eigenvalue weighted by molar-refractivity contribution is 5.78. The van der Waals surface area contributed by atoms with E-state index in [1.54, 1.807) is 12.4 Å². The molecule has 1 N–H and O–H groups in total. The molecule has 1 aromatic heterocycles. The lowest BCUT2D eigenvalue weighted by Crippen LogP contribution is -2.33. The number of anilines is 1. The van der Waals surface area contributed by atoms with Crippen molar-refractivity contribution in [3.63, 3.8) is 0 Å². The minimum Gasteiger partial charge on any atom is -0.382 e. The summed E-state index contributed by atoms with van der Waals surface area (Å²) in [6.07, 6.45) is 10.8. The van der Waals surface area contributed by atoms with Crippen LogP contribution in [0.3, 0.4) is 0 Å². The van der Waals surface area contributed by atoms with Crippen LogP contribution in [0.2, 0.25) is 0 Å². The Morgan fingerprint density at radius 1 is 0.905 bits per heavy atom. The Morgan fingerprint density at radius 3 is 2.71 bits per heavy atom. The van der Waals surface area contributed by atoms with Gasteiger partial charge in [-0.05, 0) is 67.6 Å². The summed E-state index contributed by atoms with van der Waals surface area (Å²) >= 11 is 0. The molecule has 0 radical (unpaired) electrons. The summed E-state index contributed by atoms with van der Waals surface area (Å²) in [6, 6.07) is 7.08. The Kier molecular flexibility index (Phi) is 2.52. The van der Waals surface area contributed by atoms with Gasteiger partial charge < -0.3 is 5.32 Å². The Labute approximate surface area is 125 Å². The van der Waals surface area contributed by atoms with Crippen molar-refractivity contribution in [2.24, 2.45) is 23.7 Å². The van der Waals surface area contributed by atoms with Gasteiger partial charge in [0.05, 0.1) is 11.0 Å². The lowest BCUT2D eigenvalue weighted by Gasteiger charge is -2.32. The van der Waals surface area contributed by atoms with Gasteiger partial charge in [-0.15, -0.1) is 0 Å². The van der Waals surface area contributed by atoms with Crippen LogP contribution in [0.15, 0.2) is 30.6 Å². The average molecular weight is 279 g/mol. The molecule has 3 aliphatic carbocycles. The first-order valence-corrected chi connectivity index (χ1v) is 8.36. The van der Waals surface area contributed by atoms with Crippen LogP contribution in [0.1, 0.15) is 32.1 Å². The van der Waals surface area contributed by atoms with E-state index in [2.05, 4.69) is 33.5 Å². The van der Waals surface area contributed by atoms with Gasteiger partial charge in [0.2, 0.25) is 0 Å². The molecule has 1 heterocycles. The molecular formula is C18H21N3. The topological polar surface area (TPSA) is 37.8 Å². The van der Waals surface area contributed by atoms with Gasteiger partial charge in [-0.1, -0.05) is 6.42 Å². The Balaban J connectivity index is 1.40. The van der Waals surface area contributed by atoms with E-state index in [0.29, 0.717) is 6.04 Å². The predicted molar refractivity (Wildman–Crippen MR) is 84.0 cm³/mol. The zero-order valence-electron chi connectivity index (χ0n) is 12.2. The quantitative estimate of drug-likeness (QED) is 0.907. The number of fused-ring (bicyclic) bond motifs is 6. The first-order valence-electron chi connectivity index (χ1n) is 8.36. The monoisotopic (exact) mass is 279 g/mol. The fourth-order valence-corrected chi connectivity index (χ4v) is 5.50. The van der Waals surface area contributed by atoms with Crippen molar-refractivity contribution < 1.29 is 0 Å². The lowest BCUT2D eigenvalue weighted by atomic mass is 9.79. The number of aromatic nitrogens is 2. The standard InChI is InChI=1S/C18H21N3/c1-2-13-11-8-15(14(13)3-1)17(9-11)21-12-4-5-16-18(10-12)20-7-6-19-16/h4-7,10-11,13-15,17,21H,1-3,8-9H2. The van der Waals surface area contributed by atoms with Crippen LogP contribution in [0, 0.1) is 23.7 Å². The average Bonchev–Trinajstić information content (AvgIpc) is 3.19. The number of hydrogen-bond donors (Lipinski definition) is 1. The van der Waals surface area contributed by atoms with Crippen molar-refractivity contribution >= 4 is 16.7 Å². The van der Waals surface area contributed by atoms with Crippen LogP contribution in [-0.4, -0.2) is 16.0 Å². The second-order valence-electron chi connectivity index (χ2n) is 7.16. The first kappa shape index (κ1) is 12.0. The maximum atomic E-state index is 4.42. The Morgan fingerprint density at radius 2 is 1.76 bits per heavy atom. The molecule has 2 aromatic rings. The Hall–Kier alpha value is -1.64. The molecule has 3 fully saturated rings. The van der Waals surface area contributed by atoms with Crippen molar-refractivity contribution in [3.05, 3.63) is 30.6 Å². The fourth-order valence-electron chi connectivity index (χ4n) is 5.50. The van der Waals surface area contributed by atoms with Crippen molar-refractivity contribution in [1.82, 2.24) is 9.97 Å². The summed E-state index contributed by atoms with van der Waals surface area (Å²) in [5.74, 6) is 4.00. The summed E-state index contributed by atoms with van der Waals surface area (Å²) in [4.78, 5) is 8.76. The summed E-state index contributed by atoms with van der Waals surface area (Å²) < 4.78 is 0. The molecule has 5 atom stereocenters. The molecule has 1 aromatic carbocycles. The van der Waals surface area contributed by atoms with E-state index in [0.717, 1.165) is 34.7 Å².